The van der Waals surface area contributed by atoms with Crippen molar-refractivity contribution in [1.29, 1.82) is 0 Å². The van der Waals surface area contributed by atoms with E-state index >= 15 is 0 Å². The number of halogens is 3. The second-order valence-corrected chi connectivity index (χ2v) is 3.64. The molecule has 1 aromatic heterocycles. The normalized spacial score (nSPS) is 16.7. The first-order valence-electron chi connectivity index (χ1n) is 4.60. The van der Waals surface area contributed by atoms with Crippen LogP contribution in [0.2, 0.25) is 0 Å². The van der Waals surface area contributed by atoms with Crippen molar-refractivity contribution in [3.63, 3.8) is 0 Å². The Morgan fingerprint density at radius 2 is 2.07 bits per heavy atom. The van der Waals surface area contributed by atoms with Crippen LogP contribution < -0.4 is 5.56 Å². The summed E-state index contributed by atoms with van der Waals surface area (Å²) in [4.78, 5) is 11.1. The summed E-state index contributed by atoms with van der Waals surface area (Å²) in [6.45, 7) is -1.31. The average Bonchev–Trinajstić information content (AvgIpc) is 2.89. The van der Waals surface area contributed by atoms with Gasteiger partial charge in [0.15, 0.2) is 0 Å². The second kappa shape index (κ2) is 3.36. The van der Waals surface area contributed by atoms with Crippen molar-refractivity contribution in [2.75, 3.05) is 0 Å². The van der Waals surface area contributed by atoms with E-state index in [2.05, 4.69) is 5.10 Å². The zero-order valence-corrected chi connectivity index (χ0v) is 7.79. The number of alkyl halides is 3. The maximum Gasteiger partial charge on any atom is 0.408 e. The number of hydrogen-bond donors (Lipinski definition) is 0. The average molecular weight is 218 g/mol. The van der Waals surface area contributed by atoms with Crippen LogP contribution in [0.1, 0.15) is 24.5 Å². The Bertz CT molecular complexity index is 420. The molecule has 1 aliphatic carbocycles. The third-order valence-corrected chi connectivity index (χ3v) is 2.21. The lowest BCUT2D eigenvalue weighted by Crippen LogP contribution is -2.30. The smallest absolute Gasteiger partial charge is 0.268 e. The summed E-state index contributed by atoms with van der Waals surface area (Å²) in [6, 6.07) is 2.65. The SMILES string of the molecule is O=c1ccc(C2CC2)nn1CC(F)(F)F. The van der Waals surface area contributed by atoms with E-state index in [9.17, 15) is 18.0 Å². The van der Waals surface area contributed by atoms with Gasteiger partial charge in [0.05, 0.1) is 5.69 Å². The number of rotatable bonds is 2. The van der Waals surface area contributed by atoms with Gasteiger partial charge in [0.25, 0.3) is 5.56 Å². The lowest BCUT2D eigenvalue weighted by atomic mass is 10.3. The Hall–Kier alpha value is -1.33. The van der Waals surface area contributed by atoms with Gasteiger partial charge >= 0.3 is 6.18 Å². The Morgan fingerprint density at radius 3 is 2.60 bits per heavy atom. The van der Waals surface area contributed by atoms with Crippen LogP contribution in [0.3, 0.4) is 0 Å². The fraction of sp³-hybridized carbons (Fsp3) is 0.556. The van der Waals surface area contributed by atoms with Crippen molar-refractivity contribution < 1.29 is 13.2 Å². The van der Waals surface area contributed by atoms with Gasteiger partial charge in [0.1, 0.15) is 6.54 Å². The summed E-state index contributed by atoms with van der Waals surface area (Å²) in [5, 5.41) is 3.70. The predicted octanol–water partition coefficient (Wildman–Crippen LogP) is 1.68. The summed E-state index contributed by atoms with van der Waals surface area (Å²) >= 11 is 0. The van der Waals surface area contributed by atoms with E-state index in [0.717, 1.165) is 18.9 Å². The highest BCUT2D eigenvalue weighted by Crippen LogP contribution is 2.38. The van der Waals surface area contributed by atoms with E-state index in [1.54, 1.807) is 0 Å². The molecule has 1 saturated carbocycles. The number of hydrogen-bond acceptors (Lipinski definition) is 2. The zero-order valence-electron chi connectivity index (χ0n) is 7.79. The highest BCUT2D eigenvalue weighted by atomic mass is 19.4. The molecule has 1 heterocycles. The van der Waals surface area contributed by atoms with Crippen LogP contribution in [0.25, 0.3) is 0 Å². The zero-order chi connectivity index (χ0) is 11.1. The molecule has 0 spiro atoms. The molecule has 0 radical (unpaired) electrons. The van der Waals surface area contributed by atoms with Crippen LogP contribution in [-0.2, 0) is 6.54 Å². The molecule has 2 rings (SSSR count). The molecule has 1 aromatic rings. The molecule has 0 N–H and O–H groups in total. The van der Waals surface area contributed by atoms with Gasteiger partial charge in [-0.15, -0.1) is 0 Å². The van der Waals surface area contributed by atoms with Crippen molar-refractivity contribution in [2.45, 2.75) is 31.5 Å². The minimum absolute atomic E-state index is 0.241. The van der Waals surface area contributed by atoms with Crippen molar-refractivity contribution in [3.05, 3.63) is 28.2 Å². The van der Waals surface area contributed by atoms with Gasteiger partial charge in [0, 0.05) is 12.0 Å². The molecule has 1 fully saturated rings. The van der Waals surface area contributed by atoms with Crippen LogP contribution >= 0.6 is 0 Å². The lowest BCUT2D eigenvalue weighted by Gasteiger charge is -2.08. The van der Waals surface area contributed by atoms with Crippen LogP contribution in [0.5, 0.6) is 0 Å². The first kappa shape index (κ1) is 10.2. The van der Waals surface area contributed by atoms with E-state index in [1.807, 2.05) is 0 Å². The van der Waals surface area contributed by atoms with Crippen LogP contribution in [0.4, 0.5) is 13.2 Å². The van der Waals surface area contributed by atoms with Crippen LogP contribution in [0.15, 0.2) is 16.9 Å². The molecule has 0 saturated heterocycles. The van der Waals surface area contributed by atoms with Crippen molar-refractivity contribution in [1.82, 2.24) is 9.78 Å². The van der Waals surface area contributed by atoms with Gasteiger partial charge in [-0.25, -0.2) is 4.68 Å². The second-order valence-electron chi connectivity index (χ2n) is 3.64. The highest BCUT2D eigenvalue weighted by molar-refractivity contribution is 5.12. The molecular weight excluding hydrogens is 209 g/mol. The quantitative estimate of drug-likeness (QED) is 0.757. The standard InChI is InChI=1S/C9H9F3N2O/c10-9(11,12)5-14-8(15)4-3-7(13-14)6-1-2-6/h3-4,6H,1-2,5H2. The summed E-state index contributed by atoms with van der Waals surface area (Å²) in [6.07, 6.45) is -2.52. The Morgan fingerprint density at radius 1 is 1.40 bits per heavy atom. The molecule has 3 nitrogen and oxygen atoms in total. The molecule has 0 aromatic carbocycles. The number of nitrogens with zero attached hydrogens (tertiary/aromatic N) is 2. The molecular formula is C9H9F3N2O. The minimum Gasteiger partial charge on any atom is -0.268 e. The summed E-state index contributed by atoms with van der Waals surface area (Å²) in [5.41, 5.74) is -0.129. The molecule has 15 heavy (non-hydrogen) atoms. The third-order valence-electron chi connectivity index (χ3n) is 2.21. The van der Waals surface area contributed by atoms with Gasteiger partial charge in [0.2, 0.25) is 0 Å². The van der Waals surface area contributed by atoms with Gasteiger partial charge in [-0.1, -0.05) is 0 Å². The van der Waals surface area contributed by atoms with Crippen molar-refractivity contribution in [3.8, 4) is 0 Å². The topological polar surface area (TPSA) is 34.9 Å². The van der Waals surface area contributed by atoms with Crippen LogP contribution in [0, 0.1) is 0 Å². The Balaban J connectivity index is 2.28. The molecule has 0 unspecified atom stereocenters. The van der Waals surface area contributed by atoms with Crippen molar-refractivity contribution in [2.24, 2.45) is 0 Å². The third kappa shape index (κ3) is 2.57. The fourth-order valence-electron chi connectivity index (χ4n) is 1.34. The monoisotopic (exact) mass is 218 g/mol. The van der Waals surface area contributed by atoms with Gasteiger partial charge in [-0.2, -0.15) is 18.3 Å². The maximum atomic E-state index is 12.1. The Labute approximate surface area is 83.5 Å². The molecule has 0 bridgehead atoms. The van der Waals surface area contributed by atoms with Gasteiger partial charge < -0.3 is 0 Å². The van der Waals surface area contributed by atoms with E-state index < -0.39 is 18.3 Å². The van der Waals surface area contributed by atoms with E-state index in [0.29, 0.717) is 10.4 Å². The van der Waals surface area contributed by atoms with E-state index in [1.165, 1.54) is 6.07 Å². The van der Waals surface area contributed by atoms with Crippen LogP contribution in [-0.4, -0.2) is 16.0 Å². The molecule has 82 valence electrons. The molecule has 6 heteroatoms. The number of aromatic nitrogens is 2. The van der Waals surface area contributed by atoms with E-state index in [-0.39, 0.29) is 5.92 Å². The van der Waals surface area contributed by atoms with Gasteiger partial charge in [-0.05, 0) is 18.9 Å². The van der Waals surface area contributed by atoms with E-state index in [4.69, 9.17) is 0 Å². The first-order chi connectivity index (χ1) is 6.96. The largest absolute Gasteiger partial charge is 0.408 e. The minimum atomic E-state index is -4.40. The molecule has 0 aliphatic heterocycles. The maximum absolute atomic E-state index is 12.1. The molecule has 1 aliphatic rings. The molecule has 0 atom stereocenters. The molecule has 0 amide bonds. The predicted molar refractivity (Wildman–Crippen MR) is 46.5 cm³/mol. The first-order valence-corrected chi connectivity index (χ1v) is 4.60. The summed E-state index contributed by atoms with van der Waals surface area (Å²) < 4.78 is 36.7. The summed E-state index contributed by atoms with van der Waals surface area (Å²) in [7, 11) is 0. The highest BCUT2D eigenvalue weighted by Gasteiger charge is 2.30. The fourth-order valence-corrected chi connectivity index (χ4v) is 1.34. The summed E-state index contributed by atoms with van der Waals surface area (Å²) in [5.74, 6) is 0.241. The lowest BCUT2D eigenvalue weighted by molar-refractivity contribution is -0.143. The van der Waals surface area contributed by atoms with Crippen molar-refractivity contribution >= 4 is 0 Å². The Kier molecular flexibility index (Phi) is 2.28. The van der Waals surface area contributed by atoms with Gasteiger partial charge in [-0.3, -0.25) is 4.79 Å².